The number of imide groups is 1. The van der Waals surface area contributed by atoms with E-state index in [2.05, 4.69) is 17.3 Å². The largest absolute Gasteiger partial charge is 0.465 e. The second-order valence-electron chi connectivity index (χ2n) is 9.29. The van der Waals surface area contributed by atoms with Crippen molar-refractivity contribution in [1.82, 2.24) is 9.58 Å². The molecule has 2 bridgehead atoms. The number of carbonyl (C=O) groups excluding carboxylic acids is 3. The number of allylic oxidation sites excluding steroid dienone is 2. The van der Waals surface area contributed by atoms with Gasteiger partial charge in [0.2, 0.25) is 0 Å². The first kappa shape index (κ1) is 19.5. The van der Waals surface area contributed by atoms with Crippen molar-refractivity contribution in [3.63, 3.8) is 0 Å². The fraction of sp³-hybridized carbons (Fsp3) is 0.440. The molecule has 7 nitrogen and oxygen atoms in total. The molecule has 2 saturated carbocycles. The zero-order valence-electron chi connectivity index (χ0n) is 18.1. The molecule has 0 N–H and O–H groups in total. The van der Waals surface area contributed by atoms with E-state index >= 15 is 0 Å². The van der Waals surface area contributed by atoms with Crippen LogP contribution in [0.3, 0.4) is 0 Å². The molecular formula is C25H25N3O4. The van der Waals surface area contributed by atoms with Gasteiger partial charge in [-0.1, -0.05) is 30.4 Å². The van der Waals surface area contributed by atoms with Gasteiger partial charge in [-0.15, -0.1) is 0 Å². The normalized spacial score (nSPS) is 32.1. The number of aromatic nitrogens is 1. The van der Waals surface area contributed by atoms with Crippen LogP contribution < -0.4 is 0 Å². The third-order valence-corrected chi connectivity index (χ3v) is 7.81. The van der Waals surface area contributed by atoms with Gasteiger partial charge >= 0.3 is 5.97 Å². The molecule has 1 aliphatic heterocycles. The maximum atomic E-state index is 13.2. The highest BCUT2D eigenvalue weighted by Gasteiger charge is 2.67. The Hall–Kier alpha value is -3.22. The van der Waals surface area contributed by atoms with Crippen molar-refractivity contribution in [3.8, 4) is 0 Å². The number of carbonyl (C=O) groups is 3. The Morgan fingerprint density at radius 2 is 1.78 bits per heavy atom. The van der Waals surface area contributed by atoms with Crippen molar-refractivity contribution < 1.29 is 19.1 Å². The molecule has 0 radical (unpaired) electrons. The molecule has 1 aromatic heterocycles. The summed E-state index contributed by atoms with van der Waals surface area (Å²) in [5.41, 5.74) is 2.52. The van der Waals surface area contributed by atoms with Crippen LogP contribution in [-0.4, -0.2) is 40.2 Å². The number of rotatable bonds is 5. The Morgan fingerprint density at radius 1 is 1.12 bits per heavy atom. The average Bonchev–Trinajstić information content (AvgIpc) is 3.53. The predicted molar refractivity (Wildman–Crippen MR) is 117 cm³/mol. The number of amides is 2. The molecule has 5 aliphatic rings. The number of para-hydroxylation sites is 1. The zero-order valence-corrected chi connectivity index (χ0v) is 18.1. The van der Waals surface area contributed by atoms with Gasteiger partial charge in [0.25, 0.3) is 11.8 Å². The summed E-state index contributed by atoms with van der Waals surface area (Å²) in [6, 6.07) is 7.73. The Balaban J connectivity index is 1.34. The number of nitrogens with zero attached hydrogens (tertiary/aromatic N) is 3. The summed E-state index contributed by atoms with van der Waals surface area (Å²) in [5, 5.41) is 6.42. The van der Waals surface area contributed by atoms with Crippen LogP contribution in [0.5, 0.6) is 0 Å². The molecule has 0 unspecified atom stereocenters. The molecule has 0 spiro atoms. The topological polar surface area (TPSA) is 81.0 Å². The lowest BCUT2D eigenvalue weighted by molar-refractivity contribution is -0.144. The minimum absolute atomic E-state index is 0.0948. The molecular weight excluding hydrogens is 406 g/mol. The number of ether oxygens (including phenoxy) is 1. The third-order valence-electron chi connectivity index (χ3n) is 7.81. The van der Waals surface area contributed by atoms with Crippen LogP contribution in [-0.2, 0) is 25.7 Å². The number of hydrogen-bond donors (Lipinski definition) is 0. The summed E-state index contributed by atoms with van der Waals surface area (Å²) < 4.78 is 7.01. The molecule has 2 amide bonds. The van der Waals surface area contributed by atoms with Crippen molar-refractivity contribution in [2.75, 3.05) is 6.61 Å². The number of hydrogen-bond acceptors (Lipinski definition) is 5. The smallest absolute Gasteiger partial charge is 0.325 e. The van der Waals surface area contributed by atoms with E-state index in [9.17, 15) is 14.4 Å². The summed E-state index contributed by atoms with van der Waals surface area (Å²) >= 11 is 0. The van der Waals surface area contributed by atoms with Crippen molar-refractivity contribution >= 4 is 34.9 Å². The first-order valence-corrected chi connectivity index (χ1v) is 11.3. The summed E-state index contributed by atoms with van der Waals surface area (Å²) in [5.74, 6) is 0.317. The molecule has 4 aliphatic carbocycles. The van der Waals surface area contributed by atoms with E-state index in [-0.39, 0.29) is 48.0 Å². The minimum Gasteiger partial charge on any atom is -0.465 e. The van der Waals surface area contributed by atoms with Gasteiger partial charge in [-0.25, -0.2) is 0 Å². The van der Waals surface area contributed by atoms with Crippen LogP contribution in [0.25, 0.3) is 10.9 Å². The van der Waals surface area contributed by atoms with Crippen molar-refractivity contribution in [2.24, 2.45) is 40.6 Å². The van der Waals surface area contributed by atoms with Crippen molar-refractivity contribution in [2.45, 2.75) is 26.8 Å². The summed E-state index contributed by atoms with van der Waals surface area (Å²) in [4.78, 5) is 38.5. The number of benzene rings is 1. The molecule has 6 atom stereocenters. The van der Waals surface area contributed by atoms with E-state index in [0.717, 1.165) is 33.6 Å². The fourth-order valence-corrected chi connectivity index (χ4v) is 6.33. The lowest BCUT2D eigenvalue weighted by atomic mass is 9.63. The Bertz CT molecular complexity index is 1190. The molecule has 164 valence electrons. The quantitative estimate of drug-likeness (QED) is 0.316. The molecule has 2 aromatic rings. The first-order valence-electron chi connectivity index (χ1n) is 11.3. The Labute approximate surface area is 185 Å². The lowest BCUT2D eigenvalue weighted by Gasteiger charge is -2.37. The molecule has 7 heteroatoms. The van der Waals surface area contributed by atoms with Crippen LogP contribution in [0.15, 0.2) is 41.5 Å². The lowest BCUT2D eigenvalue weighted by Crippen LogP contribution is -2.40. The van der Waals surface area contributed by atoms with Crippen LogP contribution in [0.1, 0.15) is 24.6 Å². The van der Waals surface area contributed by atoms with Gasteiger partial charge < -0.3 is 9.30 Å². The second-order valence-corrected chi connectivity index (χ2v) is 9.29. The molecule has 3 fully saturated rings. The average molecular weight is 431 g/mol. The summed E-state index contributed by atoms with van der Waals surface area (Å²) in [6.07, 6.45) is 7.05. The van der Waals surface area contributed by atoms with E-state index in [4.69, 9.17) is 4.74 Å². The predicted octanol–water partition coefficient (Wildman–Crippen LogP) is 2.90. The maximum Gasteiger partial charge on any atom is 0.325 e. The molecule has 7 rings (SSSR count). The zero-order chi connectivity index (χ0) is 22.1. The van der Waals surface area contributed by atoms with Gasteiger partial charge in [-0.05, 0) is 50.0 Å². The van der Waals surface area contributed by atoms with E-state index in [1.54, 1.807) is 13.1 Å². The third kappa shape index (κ3) is 2.60. The van der Waals surface area contributed by atoms with Gasteiger partial charge in [-0.2, -0.15) is 10.1 Å². The Kier molecular flexibility index (Phi) is 4.19. The highest BCUT2D eigenvalue weighted by molar-refractivity contribution is 6.08. The van der Waals surface area contributed by atoms with Crippen LogP contribution in [0, 0.1) is 42.4 Å². The van der Waals surface area contributed by atoms with E-state index in [1.165, 1.54) is 0 Å². The first-order chi connectivity index (χ1) is 15.5. The molecule has 2 heterocycles. The maximum absolute atomic E-state index is 13.2. The standard InChI is InChI=1S/C25H25N3O4/c1-3-32-21(29)12-27-13(2)19(14-6-4-5-7-20(14)27)11-26-28-24(30)22-15-8-9-16(18-10-17(15)18)23(22)25(28)31/h4-9,11,15-18,22-23H,3,10,12H2,1-2H3/b26-11-/t15-,16+,17-,18-,22+,23+/m1/s1. The summed E-state index contributed by atoms with van der Waals surface area (Å²) in [7, 11) is 0. The SMILES string of the molecule is CCOC(=O)Cn1c(C)c(/C=N\N2C(=O)[C@H]3[C@@H]4C=C[C@@H]([C@H]5C[C@H]45)[C@@H]3C2=O)c2ccccc21. The molecule has 32 heavy (non-hydrogen) atoms. The number of hydrazone groups is 1. The van der Waals surface area contributed by atoms with Crippen molar-refractivity contribution in [1.29, 1.82) is 0 Å². The van der Waals surface area contributed by atoms with Gasteiger partial charge in [-0.3, -0.25) is 14.4 Å². The molecule has 1 aromatic carbocycles. The van der Waals surface area contributed by atoms with Gasteiger partial charge in [0.1, 0.15) is 6.54 Å². The van der Waals surface area contributed by atoms with Gasteiger partial charge in [0.15, 0.2) is 0 Å². The van der Waals surface area contributed by atoms with Crippen molar-refractivity contribution in [3.05, 3.63) is 47.7 Å². The van der Waals surface area contributed by atoms with Gasteiger partial charge in [0, 0.05) is 22.2 Å². The van der Waals surface area contributed by atoms with E-state index in [1.807, 2.05) is 35.8 Å². The monoisotopic (exact) mass is 431 g/mol. The highest BCUT2D eigenvalue weighted by atomic mass is 16.5. The van der Waals surface area contributed by atoms with E-state index in [0.29, 0.717) is 18.4 Å². The number of esters is 1. The van der Waals surface area contributed by atoms with Crippen LogP contribution in [0.2, 0.25) is 0 Å². The van der Waals surface area contributed by atoms with Crippen LogP contribution >= 0.6 is 0 Å². The minimum atomic E-state index is -0.310. The Morgan fingerprint density at radius 3 is 2.44 bits per heavy atom. The number of fused-ring (bicyclic) bond motifs is 1. The van der Waals surface area contributed by atoms with E-state index < -0.39 is 0 Å². The van der Waals surface area contributed by atoms with Gasteiger partial charge in [0.05, 0.1) is 24.7 Å². The second kappa shape index (κ2) is 6.89. The summed E-state index contributed by atoms with van der Waals surface area (Å²) in [6.45, 7) is 4.11. The fourth-order valence-electron chi connectivity index (χ4n) is 6.33. The van der Waals surface area contributed by atoms with Crippen LogP contribution in [0.4, 0.5) is 0 Å². The molecule has 1 saturated heterocycles. The highest BCUT2D eigenvalue weighted by Crippen LogP contribution is 2.65.